The summed E-state index contributed by atoms with van der Waals surface area (Å²) in [7, 11) is 0. The van der Waals surface area contributed by atoms with Crippen LogP contribution in [0, 0.1) is 0 Å². The lowest BCUT2D eigenvalue weighted by molar-refractivity contribution is -0.123. The van der Waals surface area contributed by atoms with E-state index >= 15 is 0 Å². The van der Waals surface area contributed by atoms with Crippen molar-refractivity contribution in [3.8, 4) is 0 Å². The zero-order chi connectivity index (χ0) is 28.7. The third-order valence-corrected chi connectivity index (χ3v) is 7.37. The normalized spacial score (nSPS) is 13.6. The molecule has 0 heterocycles. The fraction of sp³-hybridized carbons (Fsp3) is 0.800. The van der Waals surface area contributed by atoms with Crippen LogP contribution in [-0.2, 0) is 4.79 Å². The zero-order valence-electron chi connectivity index (χ0n) is 25.9. The van der Waals surface area contributed by atoms with Crippen LogP contribution >= 0.6 is 0 Å². The standard InChI is InChI=1S/C35H65NO3/c1-3-5-7-9-11-13-14-15-16-17-18-19-20-21-23-25-27-29-31-35(39)36-33(32-37)34(38)30-28-26-24-22-12-10-8-6-4-2/h13-14,16-17,28,30,33-34,37-38H,3-12,15,18-27,29,31-32H2,1-2H3,(H,36,39)/b14-13-,17-16-,30-28+. The number of amides is 1. The molecule has 2 atom stereocenters. The molecule has 3 N–H and O–H groups in total. The Labute approximate surface area is 242 Å². The lowest BCUT2D eigenvalue weighted by Gasteiger charge is -2.20. The summed E-state index contributed by atoms with van der Waals surface area (Å²) < 4.78 is 0. The summed E-state index contributed by atoms with van der Waals surface area (Å²) in [6.45, 7) is 4.24. The lowest BCUT2D eigenvalue weighted by Crippen LogP contribution is -2.45. The molecule has 0 fully saturated rings. The van der Waals surface area contributed by atoms with Crippen LogP contribution < -0.4 is 5.32 Å². The number of carbonyl (C=O) groups is 1. The average Bonchev–Trinajstić information content (AvgIpc) is 2.94. The first kappa shape index (κ1) is 37.6. The van der Waals surface area contributed by atoms with E-state index in [2.05, 4.69) is 43.5 Å². The topological polar surface area (TPSA) is 69.6 Å². The molecule has 2 unspecified atom stereocenters. The summed E-state index contributed by atoms with van der Waals surface area (Å²) in [5.74, 6) is -0.0771. The summed E-state index contributed by atoms with van der Waals surface area (Å²) in [5.41, 5.74) is 0. The molecule has 0 radical (unpaired) electrons. The molecule has 0 saturated heterocycles. The maximum Gasteiger partial charge on any atom is 0.220 e. The molecule has 0 rings (SSSR count). The molecular weight excluding hydrogens is 482 g/mol. The third kappa shape index (κ3) is 28.0. The molecule has 0 aliphatic carbocycles. The Bertz CT molecular complexity index is 599. The summed E-state index contributed by atoms with van der Waals surface area (Å²) in [6, 6.07) is -0.622. The Morgan fingerprint density at radius 2 is 1.05 bits per heavy atom. The van der Waals surface area contributed by atoms with Crippen LogP contribution in [0.3, 0.4) is 0 Å². The van der Waals surface area contributed by atoms with Gasteiger partial charge in [0.1, 0.15) is 0 Å². The van der Waals surface area contributed by atoms with Crippen molar-refractivity contribution in [2.75, 3.05) is 6.61 Å². The maximum absolute atomic E-state index is 12.2. The van der Waals surface area contributed by atoms with Gasteiger partial charge < -0.3 is 15.5 Å². The van der Waals surface area contributed by atoms with E-state index in [1.807, 2.05) is 6.08 Å². The zero-order valence-corrected chi connectivity index (χ0v) is 25.9. The fourth-order valence-electron chi connectivity index (χ4n) is 4.73. The molecule has 228 valence electrons. The molecule has 4 heteroatoms. The van der Waals surface area contributed by atoms with Gasteiger partial charge in [0, 0.05) is 6.42 Å². The first-order valence-electron chi connectivity index (χ1n) is 16.7. The van der Waals surface area contributed by atoms with Gasteiger partial charge in [-0.15, -0.1) is 0 Å². The number of rotatable bonds is 29. The van der Waals surface area contributed by atoms with Crippen molar-refractivity contribution in [1.82, 2.24) is 5.32 Å². The first-order valence-corrected chi connectivity index (χ1v) is 16.7. The lowest BCUT2D eigenvalue weighted by atomic mass is 10.1. The van der Waals surface area contributed by atoms with E-state index in [9.17, 15) is 15.0 Å². The Balaban J connectivity index is 3.65. The van der Waals surface area contributed by atoms with Crippen LogP contribution in [-0.4, -0.2) is 34.9 Å². The van der Waals surface area contributed by atoms with Crippen LogP contribution in [0.15, 0.2) is 36.5 Å². The average molecular weight is 548 g/mol. The van der Waals surface area contributed by atoms with Crippen molar-refractivity contribution in [3.05, 3.63) is 36.5 Å². The Morgan fingerprint density at radius 1 is 0.615 bits per heavy atom. The van der Waals surface area contributed by atoms with Crippen LogP contribution in [0.2, 0.25) is 0 Å². The highest BCUT2D eigenvalue weighted by molar-refractivity contribution is 5.76. The van der Waals surface area contributed by atoms with Gasteiger partial charge in [0.15, 0.2) is 0 Å². The summed E-state index contributed by atoms with van der Waals surface area (Å²) in [6.07, 6.45) is 39.3. The van der Waals surface area contributed by atoms with Crippen molar-refractivity contribution in [3.63, 3.8) is 0 Å². The van der Waals surface area contributed by atoms with Gasteiger partial charge in [-0.2, -0.15) is 0 Å². The van der Waals surface area contributed by atoms with Crippen molar-refractivity contribution in [1.29, 1.82) is 0 Å². The second-order valence-corrected chi connectivity index (χ2v) is 11.2. The minimum absolute atomic E-state index is 0.0771. The van der Waals surface area contributed by atoms with Crippen LogP contribution in [0.4, 0.5) is 0 Å². The Morgan fingerprint density at radius 3 is 1.56 bits per heavy atom. The number of carbonyl (C=O) groups excluding carboxylic acids is 1. The molecule has 4 nitrogen and oxygen atoms in total. The Kier molecular flexibility index (Phi) is 30.0. The summed E-state index contributed by atoms with van der Waals surface area (Å²) in [4.78, 5) is 12.2. The van der Waals surface area contributed by atoms with Gasteiger partial charge in [-0.3, -0.25) is 4.79 Å². The maximum atomic E-state index is 12.2. The molecule has 0 aromatic heterocycles. The molecule has 0 spiro atoms. The number of unbranched alkanes of at least 4 members (excludes halogenated alkanes) is 18. The molecular formula is C35H65NO3. The molecule has 39 heavy (non-hydrogen) atoms. The number of nitrogens with one attached hydrogen (secondary N) is 1. The van der Waals surface area contributed by atoms with Gasteiger partial charge in [0.25, 0.3) is 0 Å². The van der Waals surface area contributed by atoms with Crippen molar-refractivity contribution in [2.24, 2.45) is 0 Å². The molecule has 0 saturated carbocycles. The van der Waals surface area contributed by atoms with Crippen LogP contribution in [0.25, 0.3) is 0 Å². The predicted octanol–water partition coefficient (Wildman–Crippen LogP) is 9.51. The van der Waals surface area contributed by atoms with Gasteiger partial charge in [0.2, 0.25) is 5.91 Å². The van der Waals surface area contributed by atoms with Crippen molar-refractivity contribution >= 4 is 5.91 Å². The van der Waals surface area contributed by atoms with E-state index in [-0.39, 0.29) is 12.5 Å². The second kappa shape index (κ2) is 31.1. The quantitative estimate of drug-likeness (QED) is 0.0645. The van der Waals surface area contributed by atoms with E-state index in [1.165, 1.54) is 109 Å². The molecule has 0 bridgehead atoms. The van der Waals surface area contributed by atoms with E-state index in [4.69, 9.17) is 0 Å². The molecule has 0 aromatic carbocycles. The minimum atomic E-state index is -0.838. The Hall–Kier alpha value is -1.39. The van der Waals surface area contributed by atoms with Crippen LogP contribution in [0.1, 0.15) is 162 Å². The van der Waals surface area contributed by atoms with Crippen LogP contribution in [0.5, 0.6) is 0 Å². The van der Waals surface area contributed by atoms with E-state index in [0.717, 1.165) is 32.1 Å². The molecule has 1 amide bonds. The highest BCUT2D eigenvalue weighted by Gasteiger charge is 2.17. The monoisotopic (exact) mass is 547 g/mol. The second-order valence-electron chi connectivity index (χ2n) is 11.2. The largest absolute Gasteiger partial charge is 0.394 e. The number of hydrogen-bond donors (Lipinski definition) is 3. The smallest absolute Gasteiger partial charge is 0.220 e. The van der Waals surface area contributed by atoms with Gasteiger partial charge in [-0.25, -0.2) is 0 Å². The molecule has 0 aliphatic heterocycles. The minimum Gasteiger partial charge on any atom is -0.394 e. The number of aliphatic hydroxyl groups is 2. The van der Waals surface area contributed by atoms with Gasteiger partial charge in [0.05, 0.1) is 18.8 Å². The number of aliphatic hydroxyl groups excluding tert-OH is 2. The van der Waals surface area contributed by atoms with Gasteiger partial charge in [-0.05, 0) is 51.4 Å². The number of hydrogen-bond acceptors (Lipinski definition) is 3. The first-order chi connectivity index (χ1) is 19.2. The third-order valence-electron chi connectivity index (χ3n) is 7.37. The summed E-state index contributed by atoms with van der Waals surface area (Å²) in [5, 5.41) is 22.7. The van der Waals surface area contributed by atoms with E-state index in [1.54, 1.807) is 6.08 Å². The summed E-state index contributed by atoms with van der Waals surface area (Å²) >= 11 is 0. The van der Waals surface area contributed by atoms with E-state index in [0.29, 0.717) is 6.42 Å². The SMILES string of the molecule is CCCCCC/C=C\C/C=C\CCCCCCCCCC(=O)NC(CO)C(O)/C=C/CCCCCCCCC. The fourth-order valence-corrected chi connectivity index (χ4v) is 4.73. The van der Waals surface area contributed by atoms with Gasteiger partial charge >= 0.3 is 0 Å². The number of allylic oxidation sites excluding steroid dienone is 5. The predicted molar refractivity (Wildman–Crippen MR) is 170 cm³/mol. The molecule has 0 aromatic rings. The van der Waals surface area contributed by atoms with Crippen molar-refractivity contribution in [2.45, 2.75) is 174 Å². The molecule has 0 aliphatic rings. The van der Waals surface area contributed by atoms with Gasteiger partial charge in [-0.1, -0.05) is 140 Å². The van der Waals surface area contributed by atoms with Crippen molar-refractivity contribution < 1.29 is 15.0 Å². The van der Waals surface area contributed by atoms with E-state index < -0.39 is 12.1 Å². The highest BCUT2D eigenvalue weighted by atomic mass is 16.3. The highest BCUT2D eigenvalue weighted by Crippen LogP contribution is 2.11.